The summed E-state index contributed by atoms with van der Waals surface area (Å²) in [6.07, 6.45) is 0.917. The van der Waals surface area contributed by atoms with Crippen LogP contribution >= 0.6 is 0 Å². The predicted octanol–water partition coefficient (Wildman–Crippen LogP) is 2.50. The summed E-state index contributed by atoms with van der Waals surface area (Å²) in [4.78, 5) is 0. The predicted molar refractivity (Wildman–Crippen MR) is 55.0 cm³/mol. The van der Waals surface area contributed by atoms with Crippen LogP contribution in [0, 0.1) is 13.8 Å². The fourth-order valence-electron chi connectivity index (χ4n) is 1.22. The molecule has 14 heavy (non-hydrogen) atoms. The van der Waals surface area contributed by atoms with Crippen molar-refractivity contribution in [1.29, 1.82) is 0 Å². The molecule has 3 nitrogen and oxygen atoms in total. The van der Waals surface area contributed by atoms with Gasteiger partial charge in [0.1, 0.15) is 5.75 Å². The van der Waals surface area contributed by atoms with Crippen LogP contribution in [0.4, 0.5) is 0 Å². The monoisotopic (exact) mass is 196 g/mol. The van der Waals surface area contributed by atoms with E-state index in [0.717, 1.165) is 6.42 Å². The number of phenolic OH excluding ortho intramolecular Hbond substituents is 2. The number of hydrogen-bond donors (Lipinski definition) is 2. The van der Waals surface area contributed by atoms with Crippen LogP contribution in [0.5, 0.6) is 17.2 Å². The molecule has 1 aromatic rings. The number of rotatable bonds is 3. The minimum Gasteiger partial charge on any atom is -0.504 e. The smallest absolute Gasteiger partial charge is 0.164 e. The molecule has 0 saturated heterocycles. The highest BCUT2D eigenvalue weighted by Crippen LogP contribution is 2.37. The van der Waals surface area contributed by atoms with Crippen LogP contribution in [0.3, 0.4) is 0 Å². The number of phenols is 2. The molecule has 0 saturated carbocycles. The van der Waals surface area contributed by atoms with Gasteiger partial charge in [0.25, 0.3) is 0 Å². The lowest BCUT2D eigenvalue weighted by molar-refractivity contribution is 0.310. The molecule has 0 aromatic heterocycles. The Labute approximate surface area is 84.0 Å². The molecular formula is C11H16O3. The Morgan fingerprint density at radius 1 is 1.21 bits per heavy atom. The molecule has 0 bridgehead atoms. The molecule has 0 heterocycles. The van der Waals surface area contributed by atoms with E-state index in [1.165, 1.54) is 0 Å². The Morgan fingerprint density at radius 3 is 2.43 bits per heavy atom. The zero-order chi connectivity index (χ0) is 10.7. The third kappa shape index (κ3) is 1.92. The van der Waals surface area contributed by atoms with E-state index in [1.807, 2.05) is 6.92 Å². The van der Waals surface area contributed by atoms with Gasteiger partial charge in [-0.15, -0.1) is 0 Å². The lowest BCUT2D eigenvalue weighted by Crippen LogP contribution is -1.97. The van der Waals surface area contributed by atoms with Gasteiger partial charge in [-0.25, -0.2) is 0 Å². The standard InChI is InChI=1S/C11H16O3/c1-4-5-14-9-6-7(2)10(12)11(13)8(9)3/h6,12-13H,4-5H2,1-3H3. The fourth-order valence-corrected chi connectivity index (χ4v) is 1.22. The summed E-state index contributed by atoms with van der Waals surface area (Å²) in [6, 6.07) is 1.74. The van der Waals surface area contributed by atoms with E-state index in [4.69, 9.17) is 4.74 Å². The molecular weight excluding hydrogens is 180 g/mol. The molecule has 0 aliphatic heterocycles. The molecule has 1 aromatic carbocycles. The van der Waals surface area contributed by atoms with Crippen LogP contribution in [0.1, 0.15) is 24.5 Å². The second kappa shape index (κ2) is 4.22. The quantitative estimate of drug-likeness (QED) is 0.730. The van der Waals surface area contributed by atoms with Crippen LogP contribution in [0.2, 0.25) is 0 Å². The topological polar surface area (TPSA) is 49.7 Å². The summed E-state index contributed by atoms with van der Waals surface area (Å²) in [5.41, 5.74) is 1.21. The van der Waals surface area contributed by atoms with Crippen molar-refractivity contribution in [2.24, 2.45) is 0 Å². The Hall–Kier alpha value is -1.38. The van der Waals surface area contributed by atoms with Crippen molar-refractivity contribution in [1.82, 2.24) is 0 Å². The van der Waals surface area contributed by atoms with Gasteiger partial charge >= 0.3 is 0 Å². The van der Waals surface area contributed by atoms with Crippen LogP contribution < -0.4 is 4.74 Å². The molecule has 0 spiro atoms. The van der Waals surface area contributed by atoms with Gasteiger partial charge in [0.2, 0.25) is 0 Å². The van der Waals surface area contributed by atoms with Crippen LogP contribution in [0.15, 0.2) is 6.07 Å². The second-order valence-electron chi connectivity index (χ2n) is 3.36. The average molecular weight is 196 g/mol. The first kappa shape index (κ1) is 10.7. The molecule has 0 atom stereocenters. The Balaban J connectivity index is 3.06. The summed E-state index contributed by atoms with van der Waals surface area (Å²) in [5.74, 6) is 0.488. The minimum absolute atomic E-state index is 0.0636. The first-order chi connectivity index (χ1) is 6.57. The summed E-state index contributed by atoms with van der Waals surface area (Å²) in [5, 5.41) is 19.0. The summed E-state index contributed by atoms with van der Waals surface area (Å²) < 4.78 is 5.43. The first-order valence-corrected chi connectivity index (χ1v) is 4.72. The van der Waals surface area contributed by atoms with Crippen LogP contribution in [0.25, 0.3) is 0 Å². The van der Waals surface area contributed by atoms with E-state index in [1.54, 1.807) is 19.9 Å². The fraction of sp³-hybridized carbons (Fsp3) is 0.455. The normalized spacial score (nSPS) is 10.2. The van der Waals surface area contributed by atoms with Gasteiger partial charge in [0.05, 0.1) is 6.61 Å². The van der Waals surface area contributed by atoms with Crippen molar-refractivity contribution in [2.75, 3.05) is 6.61 Å². The van der Waals surface area contributed by atoms with Gasteiger partial charge in [-0.05, 0) is 31.9 Å². The molecule has 0 radical (unpaired) electrons. The number of benzene rings is 1. The highest BCUT2D eigenvalue weighted by atomic mass is 16.5. The molecule has 0 aliphatic rings. The van der Waals surface area contributed by atoms with Crippen molar-refractivity contribution in [2.45, 2.75) is 27.2 Å². The summed E-state index contributed by atoms with van der Waals surface area (Å²) >= 11 is 0. The van der Waals surface area contributed by atoms with E-state index in [0.29, 0.717) is 23.5 Å². The van der Waals surface area contributed by atoms with E-state index in [9.17, 15) is 10.2 Å². The minimum atomic E-state index is -0.0869. The van der Waals surface area contributed by atoms with Crippen molar-refractivity contribution in [3.8, 4) is 17.2 Å². The highest BCUT2D eigenvalue weighted by molar-refractivity contribution is 5.55. The van der Waals surface area contributed by atoms with Gasteiger partial charge in [-0.1, -0.05) is 6.92 Å². The Bertz CT molecular complexity index is 332. The molecule has 0 unspecified atom stereocenters. The maximum absolute atomic E-state index is 9.54. The largest absolute Gasteiger partial charge is 0.504 e. The zero-order valence-corrected chi connectivity index (χ0v) is 8.79. The third-order valence-corrected chi connectivity index (χ3v) is 2.13. The van der Waals surface area contributed by atoms with Gasteiger partial charge in [-0.3, -0.25) is 0 Å². The van der Waals surface area contributed by atoms with Gasteiger partial charge in [0.15, 0.2) is 11.5 Å². The van der Waals surface area contributed by atoms with Crippen molar-refractivity contribution in [3.63, 3.8) is 0 Å². The molecule has 0 aliphatic carbocycles. The molecule has 1 rings (SSSR count). The second-order valence-corrected chi connectivity index (χ2v) is 3.36. The molecule has 0 amide bonds. The number of ether oxygens (including phenoxy) is 1. The van der Waals surface area contributed by atoms with E-state index in [2.05, 4.69) is 0 Å². The maximum Gasteiger partial charge on any atom is 0.164 e. The van der Waals surface area contributed by atoms with E-state index in [-0.39, 0.29) is 11.5 Å². The van der Waals surface area contributed by atoms with Gasteiger partial charge in [0, 0.05) is 5.56 Å². The van der Waals surface area contributed by atoms with Crippen LogP contribution in [-0.4, -0.2) is 16.8 Å². The third-order valence-electron chi connectivity index (χ3n) is 2.13. The zero-order valence-electron chi connectivity index (χ0n) is 8.79. The SMILES string of the molecule is CCCOc1cc(C)c(O)c(O)c1C. The average Bonchev–Trinajstić information content (AvgIpc) is 2.18. The van der Waals surface area contributed by atoms with Crippen molar-refractivity contribution >= 4 is 0 Å². The van der Waals surface area contributed by atoms with Crippen molar-refractivity contribution < 1.29 is 14.9 Å². The highest BCUT2D eigenvalue weighted by Gasteiger charge is 2.12. The lowest BCUT2D eigenvalue weighted by Gasteiger charge is -2.12. The van der Waals surface area contributed by atoms with E-state index < -0.39 is 0 Å². The molecule has 3 heteroatoms. The lowest BCUT2D eigenvalue weighted by atomic mass is 10.1. The molecule has 0 fully saturated rings. The number of aryl methyl sites for hydroxylation is 1. The van der Waals surface area contributed by atoms with Gasteiger partial charge < -0.3 is 14.9 Å². The number of hydrogen-bond acceptors (Lipinski definition) is 3. The Kier molecular flexibility index (Phi) is 3.23. The van der Waals surface area contributed by atoms with Gasteiger partial charge in [-0.2, -0.15) is 0 Å². The molecule has 2 N–H and O–H groups in total. The summed E-state index contributed by atoms with van der Waals surface area (Å²) in [6.45, 7) is 6.08. The number of aromatic hydroxyl groups is 2. The van der Waals surface area contributed by atoms with Crippen molar-refractivity contribution in [3.05, 3.63) is 17.2 Å². The van der Waals surface area contributed by atoms with E-state index >= 15 is 0 Å². The Morgan fingerprint density at radius 2 is 1.86 bits per heavy atom. The maximum atomic E-state index is 9.54. The first-order valence-electron chi connectivity index (χ1n) is 4.72. The molecule has 78 valence electrons. The summed E-state index contributed by atoms with van der Waals surface area (Å²) in [7, 11) is 0. The van der Waals surface area contributed by atoms with Crippen LogP contribution in [-0.2, 0) is 0 Å².